The first-order chi connectivity index (χ1) is 28.6. The fraction of sp³-hybridized carbons (Fsp3) is 0.182. The third-order valence-electron chi connectivity index (χ3n) is 7.54. The van der Waals surface area contributed by atoms with Crippen LogP contribution in [0.3, 0.4) is 0 Å². The average molecular weight is 923 g/mol. The van der Waals surface area contributed by atoms with E-state index in [2.05, 4.69) is 51.4 Å². The van der Waals surface area contributed by atoms with E-state index in [0.717, 1.165) is 12.1 Å². The number of methoxy groups -OCH3 is 1. The molecule has 0 aliphatic heterocycles. The molecular formula is C33H34N10O14S4. The van der Waals surface area contributed by atoms with Crippen molar-refractivity contribution < 1.29 is 61.4 Å². The van der Waals surface area contributed by atoms with Gasteiger partial charge in [0.15, 0.2) is 0 Å². The van der Waals surface area contributed by atoms with Crippen LogP contribution < -0.4 is 25.4 Å². The van der Waals surface area contributed by atoms with Gasteiger partial charge in [0.05, 0.1) is 58.6 Å². The summed E-state index contributed by atoms with van der Waals surface area (Å²) in [5, 5.41) is 24.6. The highest BCUT2D eigenvalue weighted by Crippen LogP contribution is 2.35. The molecule has 61 heavy (non-hydrogen) atoms. The number of anilines is 5. The fourth-order valence-electron chi connectivity index (χ4n) is 4.86. The molecule has 0 saturated heterocycles. The molecule has 0 amide bonds. The summed E-state index contributed by atoms with van der Waals surface area (Å²) in [5.74, 6) is -1.62. The molecule has 0 aliphatic carbocycles. The van der Waals surface area contributed by atoms with Crippen molar-refractivity contribution in [3.05, 3.63) is 84.9 Å². The van der Waals surface area contributed by atoms with Crippen molar-refractivity contribution in [1.82, 2.24) is 15.0 Å². The van der Waals surface area contributed by atoms with Crippen LogP contribution in [0.15, 0.2) is 115 Å². The van der Waals surface area contributed by atoms with Crippen molar-refractivity contribution in [3.63, 3.8) is 0 Å². The number of nitrogens with one attached hydrogen (secondary N) is 3. The molecule has 5 aromatic rings. The van der Waals surface area contributed by atoms with E-state index in [0.29, 0.717) is 0 Å². The predicted octanol–water partition coefficient (Wildman–Crippen LogP) is 5.65. The number of azo groups is 2. The van der Waals surface area contributed by atoms with E-state index >= 15 is 0 Å². The molecule has 24 nitrogen and oxygen atoms in total. The van der Waals surface area contributed by atoms with E-state index in [1.54, 1.807) is 0 Å². The van der Waals surface area contributed by atoms with Crippen molar-refractivity contribution in [3.8, 4) is 11.5 Å². The van der Waals surface area contributed by atoms with Crippen molar-refractivity contribution in [2.24, 2.45) is 20.5 Å². The summed E-state index contributed by atoms with van der Waals surface area (Å²) in [4.78, 5) is 12.0. The molecule has 28 heteroatoms. The number of hydrogen-bond acceptors (Lipinski definition) is 20. The number of rotatable bonds is 20. The Morgan fingerprint density at radius 3 is 1.74 bits per heavy atom. The van der Waals surface area contributed by atoms with Crippen LogP contribution in [0, 0.1) is 0 Å². The first-order valence-corrected chi connectivity index (χ1v) is 23.1. The minimum atomic E-state index is -4.64. The minimum absolute atomic E-state index is 0.0155. The van der Waals surface area contributed by atoms with Gasteiger partial charge in [-0.3, -0.25) is 18.2 Å². The summed E-state index contributed by atoms with van der Waals surface area (Å²) < 4.78 is 141. The van der Waals surface area contributed by atoms with Crippen LogP contribution in [0.4, 0.5) is 52.0 Å². The molecule has 0 unspecified atom stereocenters. The highest BCUT2D eigenvalue weighted by molar-refractivity contribution is 7.86. The van der Waals surface area contributed by atoms with Gasteiger partial charge in [-0.1, -0.05) is 18.2 Å². The Labute approximate surface area is 348 Å². The SMILES string of the molecule is COc1cc(N=Nc2cccc(S(=O)(=O)O)c2)ccc1Nc1nc(NCCS(=O)(=O)O)nc(Nc2ccc(N=Nc3ccccc3S(=O)(=O)O)cc2OCCCS(=O)(=O)O)n1. The van der Waals surface area contributed by atoms with E-state index in [4.69, 9.17) is 14.0 Å². The molecule has 0 bridgehead atoms. The molecule has 324 valence electrons. The number of hydrogen-bond donors (Lipinski definition) is 7. The van der Waals surface area contributed by atoms with Gasteiger partial charge in [-0.25, -0.2) is 0 Å². The molecule has 4 aromatic carbocycles. The van der Waals surface area contributed by atoms with Crippen molar-refractivity contribution in [1.29, 1.82) is 0 Å². The molecule has 1 aromatic heterocycles. The van der Waals surface area contributed by atoms with Gasteiger partial charge in [-0.15, -0.1) is 5.11 Å². The lowest BCUT2D eigenvalue weighted by atomic mass is 10.2. The smallest absolute Gasteiger partial charge is 0.296 e. The lowest BCUT2D eigenvalue weighted by Crippen LogP contribution is -2.17. The zero-order chi connectivity index (χ0) is 44.4. The summed E-state index contributed by atoms with van der Waals surface area (Å²) in [6, 6.07) is 19.1. The number of aromatic nitrogens is 3. The van der Waals surface area contributed by atoms with Crippen LogP contribution in [-0.2, 0) is 40.5 Å². The third-order valence-corrected chi connectivity index (χ3v) is 10.8. The second-order valence-corrected chi connectivity index (χ2v) is 18.1. The van der Waals surface area contributed by atoms with Gasteiger partial charge in [0.25, 0.3) is 40.5 Å². The van der Waals surface area contributed by atoms with E-state index in [1.807, 2.05) is 0 Å². The third kappa shape index (κ3) is 14.5. The lowest BCUT2D eigenvalue weighted by molar-refractivity contribution is 0.317. The second kappa shape index (κ2) is 19.4. The van der Waals surface area contributed by atoms with Crippen LogP contribution >= 0.6 is 0 Å². The molecule has 5 rings (SSSR count). The molecule has 7 N–H and O–H groups in total. The monoisotopic (exact) mass is 922 g/mol. The number of benzene rings is 4. The van der Waals surface area contributed by atoms with E-state index in [-0.39, 0.29) is 87.9 Å². The topological polar surface area (TPSA) is 360 Å². The first kappa shape index (κ1) is 45.8. The molecule has 0 radical (unpaired) electrons. The molecule has 0 atom stereocenters. The van der Waals surface area contributed by atoms with Gasteiger partial charge in [-0.05, 0) is 61.0 Å². The maximum absolute atomic E-state index is 11.8. The van der Waals surface area contributed by atoms with Crippen molar-refractivity contribution in [2.75, 3.05) is 47.7 Å². The maximum Gasteiger partial charge on any atom is 0.296 e. The summed E-state index contributed by atoms with van der Waals surface area (Å²) in [6.07, 6.45) is -0.142. The Morgan fingerprint density at radius 2 is 1.15 bits per heavy atom. The first-order valence-electron chi connectivity index (χ1n) is 17.0. The van der Waals surface area contributed by atoms with Gasteiger partial charge in [-0.2, -0.15) is 64.0 Å². The van der Waals surface area contributed by atoms with E-state index < -0.39 is 56.9 Å². The number of nitrogens with zero attached hydrogens (tertiary/aromatic N) is 7. The Balaban J connectivity index is 1.46. The highest BCUT2D eigenvalue weighted by Gasteiger charge is 2.17. The Kier molecular flexibility index (Phi) is 14.6. The molecular weight excluding hydrogens is 889 g/mol. The zero-order valence-corrected chi connectivity index (χ0v) is 34.5. The average Bonchev–Trinajstić information content (AvgIpc) is 3.17. The van der Waals surface area contributed by atoms with Crippen molar-refractivity contribution >= 4 is 92.4 Å². The molecule has 0 saturated carbocycles. The van der Waals surface area contributed by atoms with Crippen LogP contribution in [0.5, 0.6) is 11.5 Å². The number of ether oxygens (including phenoxy) is 2. The summed E-state index contributed by atoms with van der Waals surface area (Å²) in [5.41, 5.74) is 0.751. The summed E-state index contributed by atoms with van der Waals surface area (Å²) >= 11 is 0. The van der Waals surface area contributed by atoms with E-state index in [1.165, 1.54) is 79.9 Å². The quantitative estimate of drug-likeness (QED) is 0.0282. The standard InChI is InChI=1S/C33H34N10O14S4/c1-56-28-19-22(41-40-21-6-4-7-24(18-21)60(50,51)52)10-12-25(28)35-32-37-31(34-14-17-59(47,48)49)38-33(39-32)36-26-13-11-23(20-29(26)57-15-5-16-58(44,45)46)42-43-27-8-2-3-9-30(27)61(53,54)55/h2-4,6-13,18-20H,5,14-17H2,1H3,(H,44,45,46)(H,47,48,49)(H,50,51,52)(H,53,54,55)(H3,34,35,36,37,38,39). The van der Waals surface area contributed by atoms with Gasteiger partial charge >= 0.3 is 0 Å². The van der Waals surface area contributed by atoms with Crippen molar-refractivity contribution in [2.45, 2.75) is 16.2 Å². The maximum atomic E-state index is 11.8. The largest absolute Gasteiger partial charge is 0.494 e. The van der Waals surface area contributed by atoms with Crippen LogP contribution in [0.2, 0.25) is 0 Å². The normalized spacial score (nSPS) is 12.4. The predicted molar refractivity (Wildman–Crippen MR) is 218 cm³/mol. The van der Waals surface area contributed by atoms with Gasteiger partial charge < -0.3 is 25.4 Å². The minimum Gasteiger partial charge on any atom is -0.494 e. The Bertz CT molecular complexity index is 2920. The summed E-state index contributed by atoms with van der Waals surface area (Å²) in [6.45, 7) is -0.570. The molecule has 0 aliphatic rings. The van der Waals surface area contributed by atoms with Gasteiger partial charge in [0.1, 0.15) is 22.1 Å². The van der Waals surface area contributed by atoms with Crippen LogP contribution in [0.1, 0.15) is 6.42 Å². The van der Waals surface area contributed by atoms with Crippen LogP contribution in [-0.4, -0.2) is 98.6 Å². The highest BCUT2D eigenvalue weighted by atomic mass is 32.2. The molecule has 0 fully saturated rings. The fourth-order valence-corrected chi connectivity index (χ4v) is 6.84. The lowest BCUT2D eigenvalue weighted by Gasteiger charge is -2.15. The van der Waals surface area contributed by atoms with Gasteiger partial charge in [0, 0.05) is 18.7 Å². The zero-order valence-electron chi connectivity index (χ0n) is 31.3. The molecule has 1 heterocycles. The summed E-state index contributed by atoms with van der Waals surface area (Å²) in [7, 11) is -16.5. The molecule has 0 spiro atoms. The Hall–Kier alpha value is -6.27. The van der Waals surface area contributed by atoms with Crippen LogP contribution in [0.25, 0.3) is 0 Å². The second-order valence-electron chi connectivity index (χ2n) is 12.1. The van der Waals surface area contributed by atoms with E-state index in [9.17, 15) is 47.3 Å². The Morgan fingerprint density at radius 1 is 0.590 bits per heavy atom. The van der Waals surface area contributed by atoms with Gasteiger partial charge in [0.2, 0.25) is 17.8 Å².